The van der Waals surface area contributed by atoms with Crippen LogP contribution >= 0.6 is 15.9 Å². The zero-order chi connectivity index (χ0) is 9.97. The van der Waals surface area contributed by atoms with E-state index in [4.69, 9.17) is 5.73 Å². The van der Waals surface area contributed by atoms with Crippen molar-refractivity contribution in [1.29, 1.82) is 0 Å². The van der Waals surface area contributed by atoms with Crippen molar-refractivity contribution in [2.24, 2.45) is 0 Å². The molecule has 0 aliphatic heterocycles. The van der Waals surface area contributed by atoms with E-state index in [2.05, 4.69) is 34.1 Å². The van der Waals surface area contributed by atoms with E-state index in [0.29, 0.717) is 0 Å². The van der Waals surface area contributed by atoms with Crippen molar-refractivity contribution in [3.8, 4) is 11.1 Å². The van der Waals surface area contributed by atoms with E-state index >= 15 is 0 Å². The van der Waals surface area contributed by atoms with Crippen LogP contribution in [-0.4, -0.2) is 0 Å². The van der Waals surface area contributed by atoms with E-state index < -0.39 is 0 Å². The van der Waals surface area contributed by atoms with Gasteiger partial charge in [0, 0.05) is 10.2 Å². The van der Waals surface area contributed by atoms with Gasteiger partial charge in [-0.3, -0.25) is 0 Å². The van der Waals surface area contributed by atoms with Gasteiger partial charge in [0.05, 0.1) is 0 Å². The molecular formula is C12H10BrN. The molecule has 2 aromatic carbocycles. The lowest BCUT2D eigenvalue weighted by Gasteiger charge is -2.03. The molecule has 0 unspecified atom stereocenters. The molecule has 0 bridgehead atoms. The Morgan fingerprint density at radius 2 is 1.57 bits per heavy atom. The van der Waals surface area contributed by atoms with E-state index in [-0.39, 0.29) is 0 Å². The Balaban J connectivity index is 2.52. The highest BCUT2D eigenvalue weighted by Crippen LogP contribution is 2.25. The van der Waals surface area contributed by atoms with E-state index in [9.17, 15) is 0 Å². The van der Waals surface area contributed by atoms with Crippen molar-refractivity contribution in [1.82, 2.24) is 0 Å². The van der Waals surface area contributed by atoms with Gasteiger partial charge >= 0.3 is 0 Å². The molecule has 1 nitrogen and oxygen atoms in total. The topological polar surface area (TPSA) is 26.0 Å². The molecule has 0 spiro atoms. The summed E-state index contributed by atoms with van der Waals surface area (Å²) in [4.78, 5) is 0. The Morgan fingerprint density at radius 3 is 2.21 bits per heavy atom. The van der Waals surface area contributed by atoms with Crippen LogP contribution in [0.1, 0.15) is 0 Å². The van der Waals surface area contributed by atoms with Crippen LogP contribution in [-0.2, 0) is 0 Å². The molecule has 0 saturated heterocycles. The Kier molecular flexibility index (Phi) is 2.55. The van der Waals surface area contributed by atoms with Crippen molar-refractivity contribution >= 4 is 21.6 Å². The van der Waals surface area contributed by atoms with Crippen molar-refractivity contribution in [2.45, 2.75) is 0 Å². The lowest BCUT2D eigenvalue weighted by Crippen LogP contribution is -1.85. The van der Waals surface area contributed by atoms with Crippen LogP contribution in [0.2, 0.25) is 0 Å². The number of halogens is 1. The first-order chi connectivity index (χ1) is 6.75. The average Bonchev–Trinajstić information content (AvgIpc) is 2.18. The zero-order valence-corrected chi connectivity index (χ0v) is 9.16. The first-order valence-corrected chi connectivity index (χ1v) is 5.16. The predicted octanol–water partition coefficient (Wildman–Crippen LogP) is 3.70. The molecule has 0 aliphatic rings. The molecule has 2 heteroatoms. The maximum absolute atomic E-state index is 5.77. The van der Waals surface area contributed by atoms with E-state index in [1.165, 1.54) is 5.56 Å². The summed E-state index contributed by atoms with van der Waals surface area (Å²) in [6.45, 7) is 0. The molecule has 0 amide bonds. The standard InChI is InChI=1S/C12H10BrN/c13-11-6-10(7-12(14)8-11)9-4-2-1-3-5-9/h1-8H,14H2. The zero-order valence-electron chi connectivity index (χ0n) is 7.57. The fourth-order valence-corrected chi connectivity index (χ4v) is 1.92. The normalized spacial score (nSPS) is 10.1. The van der Waals surface area contributed by atoms with Crippen LogP contribution < -0.4 is 5.73 Å². The molecule has 70 valence electrons. The summed E-state index contributed by atoms with van der Waals surface area (Å²) in [5, 5.41) is 0. The van der Waals surface area contributed by atoms with Gasteiger partial charge in [-0.15, -0.1) is 0 Å². The fraction of sp³-hybridized carbons (Fsp3) is 0. The molecule has 2 aromatic rings. The highest BCUT2D eigenvalue weighted by Gasteiger charge is 1.98. The Morgan fingerprint density at radius 1 is 0.857 bits per heavy atom. The van der Waals surface area contributed by atoms with Gasteiger partial charge in [0.15, 0.2) is 0 Å². The number of hydrogen-bond donors (Lipinski definition) is 1. The number of hydrogen-bond acceptors (Lipinski definition) is 1. The Hall–Kier alpha value is -1.28. The van der Waals surface area contributed by atoms with Crippen LogP contribution in [0.4, 0.5) is 5.69 Å². The summed E-state index contributed by atoms with van der Waals surface area (Å²) >= 11 is 3.43. The maximum atomic E-state index is 5.77. The van der Waals surface area contributed by atoms with Crippen molar-refractivity contribution in [3.05, 3.63) is 53.0 Å². The quantitative estimate of drug-likeness (QED) is 0.765. The second kappa shape index (κ2) is 3.84. The van der Waals surface area contributed by atoms with Crippen molar-refractivity contribution < 1.29 is 0 Å². The van der Waals surface area contributed by atoms with Gasteiger partial charge < -0.3 is 5.73 Å². The van der Waals surface area contributed by atoms with Gasteiger partial charge in [-0.25, -0.2) is 0 Å². The summed E-state index contributed by atoms with van der Waals surface area (Å²) in [5.41, 5.74) is 8.86. The largest absolute Gasteiger partial charge is 0.399 e. The molecule has 0 saturated carbocycles. The number of rotatable bonds is 1. The molecule has 0 aliphatic carbocycles. The molecule has 0 fully saturated rings. The molecule has 0 aromatic heterocycles. The third-order valence-corrected chi connectivity index (χ3v) is 2.49. The number of nitrogen functional groups attached to an aromatic ring is 1. The monoisotopic (exact) mass is 247 g/mol. The highest BCUT2D eigenvalue weighted by molar-refractivity contribution is 9.10. The van der Waals surface area contributed by atoms with Crippen LogP contribution in [0.25, 0.3) is 11.1 Å². The predicted molar refractivity (Wildman–Crippen MR) is 64.0 cm³/mol. The lowest BCUT2D eigenvalue weighted by molar-refractivity contribution is 1.59. The third kappa shape index (κ3) is 1.96. The summed E-state index contributed by atoms with van der Waals surface area (Å²) in [6.07, 6.45) is 0. The number of anilines is 1. The second-order valence-electron chi connectivity index (χ2n) is 3.14. The van der Waals surface area contributed by atoms with Gasteiger partial charge in [-0.2, -0.15) is 0 Å². The number of benzene rings is 2. The van der Waals surface area contributed by atoms with Crippen LogP contribution in [0.5, 0.6) is 0 Å². The molecule has 0 heterocycles. The SMILES string of the molecule is Nc1cc(Br)cc(-c2ccccc2)c1. The fourth-order valence-electron chi connectivity index (χ4n) is 1.41. The van der Waals surface area contributed by atoms with E-state index in [0.717, 1.165) is 15.7 Å². The minimum absolute atomic E-state index is 0.776. The van der Waals surface area contributed by atoms with Gasteiger partial charge in [-0.1, -0.05) is 46.3 Å². The molecule has 0 atom stereocenters. The minimum atomic E-state index is 0.776. The minimum Gasteiger partial charge on any atom is -0.399 e. The summed E-state index contributed by atoms with van der Waals surface area (Å²) in [7, 11) is 0. The van der Waals surface area contributed by atoms with Crippen molar-refractivity contribution in [3.63, 3.8) is 0 Å². The van der Waals surface area contributed by atoms with Crippen LogP contribution in [0.3, 0.4) is 0 Å². The van der Waals surface area contributed by atoms with Crippen molar-refractivity contribution in [2.75, 3.05) is 5.73 Å². The smallest absolute Gasteiger partial charge is 0.0331 e. The molecule has 2 rings (SSSR count). The lowest BCUT2D eigenvalue weighted by atomic mass is 10.1. The second-order valence-corrected chi connectivity index (χ2v) is 4.05. The maximum Gasteiger partial charge on any atom is 0.0331 e. The molecule has 14 heavy (non-hydrogen) atoms. The van der Waals surface area contributed by atoms with Gasteiger partial charge in [0.25, 0.3) is 0 Å². The molecule has 2 N–H and O–H groups in total. The van der Waals surface area contributed by atoms with Gasteiger partial charge in [-0.05, 0) is 29.3 Å². The summed E-state index contributed by atoms with van der Waals surface area (Å²) in [6, 6.07) is 16.1. The van der Waals surface area contributed by atoms with Gasteiger partial charge in [0.1, 0.15) is 0 Å². The number of nitrogens with two attached hydrogens (primary N) is 1. The first-order valence-electron chi connectivity index (χ1n) is 4.37. The third-order valence-electron chi connectivity index (χ3n) is 2.03. The van der Waals surface area contributed by atoms with E-state index in [1.807, 2.05) is 30.3 Å². The first kappa shape index (κ1) is 9.28. The van der Waals surface area contributed by atoms with E-state index in [1.54, 1.807) is 0 Å². The van der Waals surface area contributed by atoms with Crippen LogP contribution in [0.15, 0.2) is 53.0 Å². The Bertz CT molecular complexity index is 417. The van der Waals surface area contributed by atoms with Crippen LogP contribution in [0, 0.1) is 0 Å². The molecule has 0 radical (unpaired) electrons. The Labute approximate surface area is 91.7 Å². The summed E-state index contributed by atoms with van der Waals surface area (Å²) in [5.74, 6) is 0. The summed E-state index contributed by atoms with van der Waals surface area (Å²) < 4.78 is 1.01. The van der Waals surface area contributed by atoms with Gasteiger partial charge in [0.2, 0.25) is 0 Å². The average molecular weight is 248 g/mol. The highest BCUT2D eigenvalue weighted by atomic mass is 79.9. The molecular weight excluding hydrogens is 238 g/mol.